The molecule has 0 aliphatic carbocycles. The highest BCUT2D eigenvalue weighted by Crippen LogP contribution is 2.22. The molecule has 1 N–H and O–H groups in total. The number of amides is 1. The van der Waals surface area contributed by atoms with Crippen LogP contribution in [0.25, 0.3) is 0 Å². The van der Waals surface area contributed by atoms with Crippen LogP contribution in [0, 0.1) is 13.8 Å². The first-order valence-corrected chi connectivity index (χ1v) is 8.90. The number of carbonyl (C=O) groups is 1. The fraction of sp³-hybridized carbons (Fsp3) is 0.278. The fourth-order valence-corrected chi connectivity index (χ4v) is 2.91. The molecule has 0 aliphatic rings. The Kier molecular flexibility index (Phi) is 5.34. The van der Waals surface area contributed by atoms with E-state index >= 15 is 0 Å². The molecule has 0 spiro atoms. The zero-order valence-electron chi connectivity index (χ0n) is 14.7. The topological polar surface area (TPSA) is 64.7 Å². The molecule has 3 aromatic rings. The molecule has 136 valence electrons. The number of halogens is 2. The molecule has 26 heavy (non-hydrogen) atoms. The number of anilines is 1. The van der Waals surface area contributed by atoms with Crippen LogP contribution in [0.2, 0.25) is 10.0 Å². The SMILES string of the molecule is Cc1nn(C(C)C(=O)Nc2ccn(Cc3ccc(Cl)cc3)n2)c(C)c1Cl. The Morgan fingerprint density at radius 1 is 1.15 bits per heavy atom. The molecule has 0 aliphatic heterocycles. The summed E-state index contributed by atoms with van der Waals surface area (Å²) in [5.41, 5.74) is 2.54. The van der Waals surface area contributed by atoms with Gasteiger partial charge in [0.1, 0.15) is 6.04 Å². The first-order valence-electron chi connectivity index (χ1n) is 8.15. The summed E-state index contributed by atoms with van der Waals surface area (Å²) in [5, 5.41) is 12.8. The van der Waals surface area contributed by atoms with Gasteiger partial charge in [-0.2, -0.15) is 10.2 Å². The first kappa shape index (κ1) is 18.5. The monoisotopic (exact) mass is 391 g/mol. The Balaban J connectivity index is 1.67. The number of hydrogen-bond acceptors (Lipinski definition) is 3. The van der Waals surface area contributed by atoms with Crippen LogP contribution in [-0.2, 0) is 11.3 Å². The van der Waals surface area contributed by atoms with Crippen molar-refractivity contribution in [2.45, 2.75) is 33.4 Å². The maximum absolute atomic E-state index is 12.5. The second kappa shape index (κ2) is 7.51. The van der Waals surface area contributed by atoms with Gasteiger partial charge in [0.2, 0.25) is 5.91 Å². The highest BCUT2D eigenvalue weighted by atomic mass is 35.5. The number of nitrogens with one attached hydrogen (secondary N) is 1. The molecular formula is C18H19Cl2N5O. The molecular weight excluding hydrogens is 373 g/mol. The molecule has 0 bridgehead atoms. The Morgan fingerprint density at radius 2 is 1.85 bits per heavy atom. The van der Waals surface area contributed by atoms with E-state index in [1.54, 1.807) is 22.4 Å². The molecule has 1 aromatic carbocycles. The molecule has 1 amide bonds. The summed E-state index contributed by atoms with van der Waals surface area (Å²) in [7, 11) is 0. The fourth-order valence-electron chi connectivity index (χ4n) is 2.65. The lowest BCUT2D eigenvalue weighted by Gasteiger charge is -2.13. The van der Waals surface area contributed by atoms with Crippen molar-refractivity contribution in [2.24, 2.45) is 0 Å². The molecule has 1 unspecified atom stereocenters. The second-order valence-corrected chi connectivity index (χ2v) is 6.93. The molecule has 0 radical (unpaired) electrons. The van der Waals surface area contributed by atoms with E-state index in [0.29, 0.717) is 28.1 Å². The Hall–Kier alpha value is -2.31. The van der Waals surface area contributed by atoms with E-state index in [4.69, 9.17) is 23.2 Å². The maximum atomic E-state index is 12.5. The van der Waals surface area contributed by atoms with Crippen molar-refractivity contribution < 1.29 is 4.79 Å². The van der Waals surface area contributed by atoms with Gasteiger partial charge in [-0.1, -0.05) is 35.3 Å². The largest absolute Gasteiger partial charge is 0.307 e. The van der Waals surface area contributed by atoms with E-state index in [-0.39, 0.29) is 5.91 Å². The smallest absolute Gasteiger partial charge is 0.250 e. The van der Waals surface area contributed by atoms with Gasteiger partial charge in [0, 0.05) is 17.3 Å². The van der Waals surface area contributed by atoms with Crippen LogP contribution in [0.3, 0.4) is 0 Å². The number of aromatic nitrogens is 4. The molecule has 3 rings (SSSR count). The molecule has 2 aromatic heterocycles. The van der Waals surface area contributed by atoms with Crippen molar-refractivity contribution in [1.82, 2.24) is 19.6 Å². The average Bonchev–Trinajstić information content (AvgIpc) is 3.15. The Bertz CT molecular complexity index is 930. The number of nitrogens with zero attached hydrogens (tertiary/aromatic N) is 4. The van der Waals surface area contributed by atoms with Gasteiger partial charge < -0.3 is 5.32 Å². The van der Waals surface area contributed by atoms with Crippen LogP contribution in [0.5, 0.6) is 0 Å². The molecule has 8 heteroatoms. The molecule has 1 atom stereocenters. The second-order valence-electron chi connectivity index (χ2n) is 6.12. The molecule has 0 fully saturated rings. The summed E-state index contributed by atoms with van der Waals surface area (Å²) >= 11 is 12.1. The van der Waals surface area contributed by atoms with E-state index < -0.39 is 6.04 Å². The number of carbonyl (C=O) groups excluding carboxylic acids is 1. The Labute approximate surface area is 161 Å². The van der Waals surface area contributed by atoms with E-state index in [2.05, 4.69) is 15.5 Å². The normalized spacial score (nSPS) is 12.2. The third-order valence-electron chi connectivity index (χ3n) is 4.13. The summed E-state index contributed by atoms with van der Waals surface area (Å²) in [6.07, 6.45) is 1.81. The molecule has 0 saturated carbocycles. The van der Waals surface area contributed by atoms with Gasteiger partial charge in [0.15, 0.2) is 5.82 Å². The lowest BCUT2D eigenvalue weighted by Crippen LogP contribution is -2.25. The van der Waals surface area contributed by atoms with Crippen LogP contribution in [0.1, 0.15) is 29.9 Å². The van der Waals surface area contributed by atoms with Gasteiger partial charge in [-0.3, -0.25) is 14.2 Å². The summed E-state index contributed by atoms with van der Waals surface area (Å²) in [5.74, 6) is 0.285. The number of rotatable bonds is 5. The predicted octanol–water partition coefficient (Wildman–Crippen LogP) is 4.25. The van der Waals surface area contributed by atoms with E-state index in [1.165, 1.54) is 0 Å². The number of aryl methyl sites for hydroxylation is 1. The van der Waals surface area contributed by atoms with E-state index in [9.17, 15) is 4.79 Å². The van der Waals surface area contributed by atoms with Crippen LogP contribution in [-0.4, -0.2) is 25.5 Å². The zero-order valence-corrected chi connectivity index (χ0v) is 16.2. The van der Waals surface area contributed by atoms with Crippen molar-refractivity contribution in [3.8, 4) is 0 Å². The summed E-state index contributed by atoms with van der Waals surface area (Å²) < 4.78 is 3.38. The molecule has 0 saturated heterocycles. The molecule has 2 heterocycles. The third-order valence-corrected chi connectivity index (χ3v) is 4.93. The quantitative estimate of drug-likeness (QED) is 0.706. The third kappa shape index (κ3) is 3.92. The average molecular weight is 392 g/mol. The van der Waals surface area contributed by atoms with E-state index in [1.807, 2.05) is 44.3 Å². The standard InChI is InChI=1S/C18H19Cl2N5O/c1-11-17(20)12(2)25(22-11)13(3)18(26)21-16-8-9-24(23-16)10-14-4-6-15(19)7-5-14/h4-9,13H,10H2,1-3H3,(H,21,23,26). The maximum Gasteiger partial charge on any atom is 0.250 e. The summed E-state index contributed by atoms with van der Waals surface area (Å²) in [6.45, 7) is 6.02. The predicted molar refractivity (Wildman–Crippen MR) is 103 cm³/mol. The summed E-state index contributed by atoms with van der Waals surface area (Å²) in [4.78, 5) is 12.5. The van der Waals surface area contributed by atoms with Gasteiger partial charge in [0.05, 0.1) is 23.0 Å². The number of benzene rings is 1. The van der Waals surface area contributed by atoms with Gasteiger partial charge in [0.25, 0.3) is 0 Å². The van der Waals surface area contributed by atoms with Gasteiger partial charge in [-0.15, -0.1) is 0 Å². The highest BCUT2D eigenvalue weighted by molar-refractivity contribution is 6.31. The molecule has 6 nitrogen and oxygen atoms in total. The van der Waals surface area contributed by atoms with Crippen molar-refractivity contribution in [3.63, 3.8) is 0 Å². The Morgan fingerprint density at radius 3 is 2.46 bits per heavy atom. The van der Waals surface area contributed by atoms with Gasteiger partial charge in [-0.05, 0) is 38.5 Å². The first-order chi connectivity index (χ1) is 12.3. The minimum Gasteiger partial charge on any atom is -0.307 e. The van der Waals surface area contributed by atoms with Crippen LogP contribution < -0.4 is 5.32 Å². The van der Waals surface area contributed by atoms with Crippen molar-refractivity contribution >= 4 is 34.9 Å². The van der Waals surface area contributed by atoms with Crippen molar-refractivity contribution in [3.05, 3.63) is 63.5 Å². The van der Waals surface area contributed by atoms with Gasteiger partial charge >= 0.3 is 0 Å². The minimum absolute atomic E-state index is 0.205. The van der Waals surface area contributed by atoms with Crippen molar-refractivity contribution in [1.29, 1.82) is 0 Å². The zero-order chi connectivity index (χ0) is 18.8. The van der Waals surface area contributed by atoms with Crippen molar-refractivity contribution in [2.75, 3.05) is 5.32 Å². The minimum atomic E-state index is -0.498. The lowest BCUT2D eigenvalue weighted by atomic mass is 10.2. The van der Waals surface area contributed by atoms with Gasteiger partial charge in [-0.25, -0.2) is 0 Å². The summed E-state index contributed by atoms with van der Waals surface area (Å²) in [6, 6.07) is 8.82. The highest BCUT2D eigenvalue weighted by Gasteiger charge is 2.21. The van der Waals surface area contributed by atoms with Crippen LogP contribution >= 0.6 is 23.2 Å². The van der Waals surface area contributed by atoms with E-state index in [0.717, 1.165) is 11.3 Å². The number of hydrogen-bond donors (Lipinski definition) is 1. The van der Waals surface area contributed by atoms with Crippen LogP contribution in [0.15, 0.2) is 36.5 Å². The lowest BCUT2D eigenvalue weighted by molar-refractivity contribution is -0.119. The van der Waals surface area contributed by atoms with Crippen LogP contribution in [0.4, 0.5) is 5.82 Å².